The summed E-state index contributed by atoms with van der Waals surface area (Å²) in [5.41, 5.74) is 1.59. The van der Waals surface area contributed by atoms with Crippen molar-refractivity contribution in [2.75, 3.05) is 5.32 Å². The number of nitrogens with one attached hydrogen (secondary N) is 1. The summed E-state index contributed by atoms with van der Waals surface area (Å²) in [6.07, 6.45) is 0. The van der Waals surface area contributed by atoms with Crippen LogP contribution in [0.4, 0.5) is 5.69 Å². The van der Waals surface area contributed by atoms with Crippen molar-refractivity contribution in [3.05, 3.63) is 95.6 Å². The van der Waals surface area contributed by atoms with Gasteiger partial charge in [-0.1, -0.05) is 48.5 Å². The SMILES string of the molecule is CC(=O)c1ccc(OC2(c3ccccc3)C(=O)Nc3ccccc32)cc1. The van der Waals surface area contributed by atoms with E-state index in [0.717, 1.165) is 16.8 Å². The fourth-order valence-corrected chi connectivity index (χ4v) is 3.29. The van der Waals surface area contributed by atoms with Gasteiger partial charge in [0.1, 0.15) is 5.75 Å². The number of rotatable bonds is 4. The number of hydrogen-bond donors (Lipinski definition) is 1. The number of carbonyl (C=O) groups is 2. The van der Waals surface area contributed by atoms with E-state index in [1.165, 1.54) is 6.92 Å². The van der Waals surface area contributed by atoms with E-state index in [1.54, 1.807) is 24.3 Å². The molecule has 26 heavy (non-hydrogen) atoms. The van der Waals surface area contributed by atoms with Crippen LogP contribution >= 0.6 is 0 Å². The largest absolute Gasteiger partial charge is 0.468 e. The minimum atomic E-state index is -1.27. The van der Waals surface area contributed by atoms with Crippen LogP contribution in [-0.2, 0) is 10.4 Å². The van der Waals surface area contributed by atoms with Gasteiger partial charge in [0.25, 0.3) is 5.91 Å². The van der Waals surface area contributed by atoms with Gasteiger partial charge in [-0.15, -0.1) is 0 Å². The molecule has 0 saturated carbocycles. The van der Waals surface area contributed by atoms with E-state index in [-0.39, 0.29) is 11.7 Å². The number of hydrogen-bond acceptors (Lipinski definition) is 3. The summed E-state index contributed by atoms with van der Waals surface area (Å²) in [4.78, 5) is 24.5. The van der Waals surface area contributed by atoms with Gasteiger partial charge in [0.05, 0.1) is 0 Å². The number of anilines is 1. The van der Waals surface area contributed by atoms with Gasteiger partial charge in [-0.25, -0.2) is 0 Å². The number of benzene rings is 3. The van der Waals surface area contributed by atoms with Gasteiger partial charge in [-0.05, 0) is 37.3 Å². The summed E-state index contributed by atoms with van der Waals surface area (Å²) in [7, 11) is 0. The molecule has 128 valence electrons. The van der Waals surface area contributed by atoms with Crippen molar-refractivity contribution < 1.29 is 14.3 Å². The van der Waals surface area contributed by atoms with Crippen LogP contribution in [-0.4, -0.2) is 11.7 Å². The molecule has 1 N–H and O–H groups in total. The van der Waals surface area contributed by atoms with E-state index in [9.17, 15) is 9.59 Å². The zero-order valence-electron chi connectivity index (χ0n) is 14.2. The van der Waals surface area contributed by atoms with Gasteiger partial charge in [0, 0.05) is 22.4 Å². The lowest BCUT2D eigenvalue weighted by Crippen LogP contribution is -2.41. The first kappa shape index (κ1) is 16.1. The van der Waals surface area contributed by atoms with Crippen LogP contribution in [0.5, 0.6) is 5.75 Å². The molecule has 3 aromatic carbocycles. The van der Waals surface area contributed by atoms with Gasteiger partial charge in [0.15, 0.2) is 5.78 Å². The Bertz CT molecular complexity index is 980. The molecule has 4 heteroatoms. The van der Waals surface area contributed by atoms with Crippen molar-refractivity contribution in [1.29, 1.82) is 0 Å². The van der Waals surface area contributed by atoms with Crippen LogP contribution < -0.4 is 10.1 Å². The van der Waals surface area contributed by atoms with Crippen molar-refractivity contribution in [2.45, 2.75) is 12.5 Å². The van der Waals surface area contributed by atoms with Crippen molar-refractivity contribution in [3.8, 4) is 5.75 Å². The van der Waals surface area contributed by atoms with Crippen LogP contribution in [0.25, 0.3) is 0 Å². The van der Waals surface area contributed by atoms with E-state index in [0.29, 0.717) is 11.3 Å². The first-order valence-corrected chi connectivity index (χ1v) is 8.38. The van der Waals surface area contributed by atoms with Crippen molar-refractivity contribution in [1.82, 2.24) is 0 Å². The first-order valence-electron chi connectivity index (χ1n) is 8.38. The Morgan fingerprint density at radius 3 is 2.23 bits per heavy atom. The highest BCUT2D eigenvalue weighted by atomic mass is 16.5. The van der Waals surface area contributed by atoms with Gasteiger partial charge >= 0.3 is 0 Å². The number of amides is 1. The molecule has 3 aromatic rings. The van der Waals surface area contributed by atoms with Gasteiger partial charge < -0.3 is 10.1 Å². The molecule has 0 saturated heterocycles. The number of para-hydroxylation sites is 1. The zero-order valence-corrected chi connectivity index (χ0v) is 14.2. The molecular formula is C22H17NO3. The zero-order chi connectivity index (χ0) is 18.1. The van der Waals surface area contributed by atoms with Crippen LogP contribution in [0.15, 0.2) is 78.9 Å². The lowest BCUT2D eigenvalue weighted by Gasteiger charge is -2.29. The molecule has 4 rings (SSSR count). The Labute approximate surface area is 151 Å². The van der Waals surface area contributed by atoms with E-state index in [2.05, 4.69) is 5.32 Å². The van der Waals surface area contributed by atoms with E-state index < -0.39 is 5.60 Å². The molecule has 1 aliphatic heterocycles. The summed E-state index contributed by atoms with van der Waals surface area (Å²) in [5.74, 6) is 0.268. The average molecular weight is 343 g/mol. The highest BCUT2D eigenvalue weighted by Gasteiger charge is 2.50. The maximum atomic E-state index is 13.0. The number of carbonyl (C=O) groups excluding carboxylic acids is 2. The Morgan fingerprint density at radius 2 is 1.54 bits per heavy atom. The van der Waals surface area contributed by atoms with Crippen molar-refractivity contribution >= 4 is 17.4 Å². The van der Waals surface area contributed by atoms with Crippen molar-refractivity contribution in [2.24, 2.45) is 0 Å². The third-order valence-electron chi connectivity index (χ3n) is 4.59. The molecule has 0 fully saturated rings. The summed E-state index contributed by atoms with van der Waals surface area (Å²) in [6.45, 7) is 1.52. The Morgan fingerprint density at radius 1 is 0.885 bits per heavy atom. The summed E-state index contributed by atoms with van der Waals surface area (Å²) >= 11 is 0. The Hall–Kier alpha value is -3.40. The molecule has 1 amide bonds. The van der Waals surface area contributed by atoms with Gasteiger partial charge in [-0.3, -0.25) is 9.59 Å². The molecule has 1 heterocycles. The highest BCUT2D eigenvalue weighted by molar-refractivity contribution is 6.07. The lowest BCUT2D eigenvalue weighted by atomic mass is 9.87. The normalized spacial score (nSPS) is 18.1. The predicted octanol–water partition coefficient (Wildman–Crippen LogP) is 4.16. The van der Waals surface area contributed by atoms with Crippen LogP contribution in [0.3, 0.4) is 0 Å². The molecule has 0 bridgehead atoms. The number of ether oxygens (including phenoxy) is 1. The van der Waals surface area contributed by atoms with E-state index in [1.807, 2.05) is 54.6 Å². The third-order valence-corrected chi connectivity index (χ3v) is 4.59. The molecule has 0 aromatic heterocycles. The minimum Gasteiger partial charge on any atom is -0.468 e. The molecular weight excluding hydrogens is 326 g/mol. The molecule has 1 atom stereocenters. The average Bonchev–Trinajstić information content (AvgIpc) is 2.95. The molecule has 1 aliphatic rings. The predicted molar refractivity (Wildman–Crippen MR) is 99.4 cm³/mol. The highest BCUT2D eigenvalue weighted by Crippen LogP contribution is 2.44. The van der Waals surface area contributed by atoms with Crippen molar-refractivity contribution in [3.63, 3.8) is 0 Å². The minimum absolute atomic E-state index is 0.0155. The van der Waals surface area contributed by atoms with Crippen LogP contribution in [0.1, 0.15) is 28.4 Å². The molecule has 1 unspecified atom stereocenters. The molecule has 0 spiro atoms. The second kappa shape index (κ2) is 6.15. The molecule has 0 radical (unpaired) electrons. The summed E-state index contributed by atoms with van der Waals surface area (Å²) in [6, 6.07) is 23.8. The maximum absolute atomic E-state index is 13.0. The molecule has 0 aliphatic carbocycles. The lowest BCUT2D eigenvalue weighted by molar-refractivity contribution is -0.127. The van der Waals surface area contributed by atoms with Crippen LogP contribution in [0.2, 0.25) is 0 Å². The Kier molecular flexibility index (Phi) is 3.81. The topological polar surface area (TPSA) is 55.4 Å². The van der Waals surface area contributed by atoms with Gasteiger partial charge in [-0.2, -0.15) is 0 Å². The van der Waals surface area contributed by atoms with Crippen LogP contribution in [0, 0.1) is 0 Å². The first-order chi connectivity index (χ1) is 12.6. The fourth-order valence-electron chi connectivity index (χ4n) is 3.29. The standard InChI is InChI=1S/C22H17NO3/c1-15(24)16-11-13-18(14-12-16)26-22(17-7-3-2-4-8-17)19-9-5-6-10-20(19)23-21(22)25/h2-14H,1H3,(H,23,25). The summed E-state index contributed by atoms with van der Waals surface area (Å²) in [5, 5.41) is 2.92. The Balaban J connectivity index is 1.85. The smallest absolute Gasteiger partial charge is 0.278 e. The third kappa shape index (κ3) is 2.47. The number of ketones is 1. The second-order valence-electron chi connectivity index (χ2n) is 6.23. The monoisotopic (exact) mass is 343 g/mol. The molecule has 4 nitrogen and oxygen atoms in total. The maximum Gasteiger partial charge on any atom is 0.278 e. The van der Waals surface area contributed by atoms with E-state index in [4.69, 9.17) is 4.74 Å². The van der Waals surface area contributed by atoms with Gasteiger partial charge in [0.2, 0.25) is 5.60 Å². The second-order valence-corrected chi connectivity index (χ2v) is 6.23. The number of Topliss-reactive ketones (excluding diaryl/α,β-unsaturated/α-hetero) is 1. The summed E-state index contributed by atoms with van der Waals surface area (Å²) < 4.78 is 6.30. The quantitative estimate of drug-likeness (QED) is 0.724. The fraction of sp³-hybridized carbons (Fsp3) is 0.0909. The van der Waals surface area contributed by atoms with E-state index >= 15 is 0 Å². The number of fused-ring (bicyclic) bond motifs is 1.